The Balaban J connectivity index is 2.06. The van der Waals surface area contributed by atoms with Gasteiger partial charge in [-0.1, -0.05) is 0 Å². The predicted octanol–water partition coefficient (Wildman–Crippen LogP) is 1.13. The largest absolute Gasteiger partial charge is 0.391 e. The molecule has 1 unspecified atom stereocenters. The Hall–Kier alpha value is -0.870. The highest BCUT2D eigenvalue weighted by molar-refractivity contribution is 5.24. The number of aromatic nitrogens is 2. The summed E-state index contributed by atoms with van der Waals surface area (Å²) in [7, 11) is 0. The fraction of sp³-hybridized carbons (Fsp3) is 0.750. The third-order valence-corrected chi connectivity index (χ3v) is 3.11. The van der Waals surface area contributed by atoms with Crippen molar-refractivity contribution in [3.8, 4) is 0 Å². The number of nitrogens with zero attached hydrogens (tertiary/aromatic N) is 2. The average molecular weight is 223 g/mol. The molecule has 0 saturated heterocycles. The first kappa shape index (κ1) is 11.6. The monoisotopic (exact) mass is 223 g/mol. The van der Waals surface area contributed by atoms with Gasteiger partial charge in [-0.05, 0) is 33.6 Å². The molecule has 16 heavy (non-hydrogen) atoms. The number of rotatable bonds is 5. The molecule has 0 amide bonds. The molecule has 2 rings (SSSR count). The molecule has 1 fully saturated rings. The van der Waals surface area contributed by atoms with Crippen molar-refractivity contribution in [3.63, 3.8) is 0 Å². The van der Waals surface area contributed by atoms with Gasteiger partial charge < -0.3 is 10.4 Å². The number of aliphatic hydroxyl groups is 1. The van der Waals surface area contributed by atoms with E-state index in [4.69, 9.17) is 0 Å². The molecule has 1 atom stereocenters. The molecule has 1 aromatic heterocycles. The van der Waals surface area contributed by atoms with Crippen molar-refractivity contribution in [2.75, 3.05) is 0 Å². The lowest BCUT2D eigenvalue weighted by molar-refractivity contribution is 0.167. The van der Waals surface area contributed by atoms with Crippen LogP contribution in [0.5, 0.6) is 0 Å². The molecule has 90 valence electrons. The number of aliphatic hydroxyl groups excluding tert-OH is 1. The van der Waals surface area contributed by atoms with E-state index < -0.39 is 0 Å². The maximum absolute atomic E-state index is 9.38. The SMILES string of the molecule is Cc1nn(CC(C)O)c(C)c1CNC1CC1. The third-order valence-electron chi connectivity index (χ3n) is 3.11. The van der Waals surface area contributed by atoms with E-state index in [2.05, 4.69) is 17.3 Å². The van der Waals surface area contributed by atoms with Gasteiger partial charge >= 0.3 is 0 Å². The van der Waals surface area contributed by atoms with Crippen molar-refractivity contribution in [2.45, 2.75) is 58.8 Å². The fourth-order valence-corrected chi connectivity index (χ4v) is 1.95. The Bertz CT molecular complexity index is 367. The van der Waals surface area contributed by atoms with Gasteiger partial charge in [0.15, 0.2) is 0 Å². The first-order valence-corrected chi connectivity index (χ1v) is 6.02. The van der Waals surface area contributed by atoms with Crippen LogP contribution >= 0.6 is 0 Å². The van der Waals surface area contributed by atoms with Gasteiger partial charge in [0.1, 0.15) is 0 Å². The Morgan fingerprint density at radius 1 is 1.50 bits per heavy atom. The third kappa shape index (κ3) is 2.62. The molecule has 2 N–H and O–H groups in total. The van der Waals surface area contributed by atoms with Gasteiger partial charge in [0.25, 0.3) is 0 Å². The second-order valence-corrected chi connectivity index (χ2v) is 4.84. The van der Waals surface area contributed by atoms with Crippen LogP contribution in [0.25, 0.3) is 0 Å². The Kier molecular flexibility index (Phi) is 3.30. The molecular formula is C12H21N3O. The summed E-state index contributed by atoms with van der Waals surface area (Å²) in [5, 5.41) is 17.4. The zero-order chi connectivity index (χ0) is 11.7. The van der Waals surface area contributed by atoms with Crippen LogP contribution in [0.15, 0.2) is 0 Å². The molecule has 4 heteroatoms. The van der Waals surface area contributed by atoms with Crippen LogP contribution in [0.2, 0.25) is 0 Å². The minimum Gasteiger partial charge on any atom is -0.391 e. The highest BCUT2D eigenvalue weighted by atomic mass is 16.3. The van der Waals surface area contributed by atoms with Crippen LogP contribution in [-0.4, -0.2) is 27.0 Å². The first-order chi connectivity index (χ1) is 7.58. The average Bonchev–Trinajstić information content (AvgIpc) is 2.96. The molecular weight excluding hydrogens is 202 g/mol. The van der Waals surface area contributed by atoms with Crippen LogP contribution in [0, 0.1) is 13.8 Å². The zero-order valence-corrected chi connectivity index (χ0v) is 10.3. The predicted molar refractivity (Wildman–Crippen MR) is 63.2 cm³/mol. The molecule has 0 aromatic carbocycles. The molecule has 0 aliphatic heterocycles. The number of hydrogen-bond acceptors (Lipinski definition) is 3. The van der Waals surface area contributed by atoms with Crippen molar-refractivity contribution in [1.82, 2.24) is 15.1 Å². The summed E-state index contributed by atoms with van der Waals surface area (Å²) in [6, 6.07) is 0.721. The van der Waals surface area contributed by atoms with Gasteiger partial charge in [0.2, 0.25) is 0 Å². The van der Waals surface area contributed by atoms with Gasteiger partial charge in [0, 0.05) is 23.8 Å². The van der Waals surface area contributed by atoms with Crippen molar-refractivity contribution in [1.29, 1.82) is 0 Å². The second-order valence-electron chi connectivity index (χ2n) is 4.84. The zero-order valence-electron chi connectivity index (χ0n) is 10.3. The van der Waals surface area contributed by atoms with E-state index in [-0.39, 0.29) is 6.10 Å². The quantitative estimate of drug-likeness (QED) is 0.787. The van der Waals surface area contributed by atoms with Crippen molar-refractivity contribution >= 4 is 0 Å². The minimum absolute atomic E-state index is 0.345. The second kappa shape index (κ2) is 4.55. The fourth-order valence-electron chi connectivity index (χ4n) is 1.95. The molecule has 0 bridgehead atoms. The van der Waals surface area contributed by atoms with Gasteiger partial charge in [-0.3, -0.25) is 4.68 Å². The summed E-state index contributed by atoms with van der Waals surface area (Å²) >= 11 is 0. The van der Waals surface area contributed by atoms with Crippen LogP contribution < -0.4 is 5.32 Å². The van der Waals surface area contributed by atoms with Crippen LogP contribution in [0.1, 0.15) is 36.7 Å². The minimum atomic E-state index is -0.345. The van der Waals surface area contributed by atoms with E-state index in [1.54, 1.807) is 6.92 Å². The van der Waals surface area contributed by atoms with Crippen LogP contribution in [-0.2, 0) is 13.1 Å². The molecule has 1 heterocycles. The smallest absolute Gasteiger partial charge is 0.0708 e. The van der Waals surface area contributed by atoms with Crippen LogP contribution in [0.3, 0.4) is 0 Å². The Morgan fingerprint density at radius 3 is 2.75 bits per heavy atom. The van der Waals surface area contributed by atoms with E-state index in [0.29, 0.717) is 6.54 Å². The molecule has 4 nitrogen and oxygen atoms in total. The van der Waals surface area contributed by atoms with Crippen molar-refractivity contribution < 1.29 is 5.11 Å². The molecule has 1 aromatic rings. The van der Waals surface area contributed by atoms with E-state index >= 15 is 0 Å². The maximum atomic E-state index is 9.38. The summed E-state index contributed by atoms with van der Waals surface area (Å²) < 4.78 is 1.91. The number of nitrogens with one attached hydrogen (secondary N) is 1. The summed E-state index contributed by atoms with van der Waals surface area (Å²) in [6.07, 6.45) is 2.27. The van der Waals surface area contributed by atoms with E-state index in [1.165, 1.54) is 24.1 Å². The van der Waals surface area contributed by atoms with Gasteiger partial charge in [-0.15, -0.1) is 0 Å². The van der Waals surface area contributed by atoms with Crippen LogP contribution in [0.4, 0.5) is 0 Å². The molecule has 1 aliphatic rings. The molecule has 1 saturated carbocycles. The molecule has 0 spiro atoms. The lowest BCUT2D eigenvalue weighted by Gasteiger charge is -2.07. The Morgan fingerprint density at radius 2 is 2.19 bits per heavy atom. The highest BCUT2D eigenvalue weighted by Crippen LogP contribution is 2.21. The normalized spacial score (nSPS) is 17.8. The van der Waals surface area contributed by atoms with Crippen molar-refractivity contribution in [3.05, 3.63) is 17.0 Å². The summed E-state index contributed by atoms with van der Waals surface area (Å²) in [4.78, 5) is 0. The highest BCUT2D eigenvalue weighted by Gasteiger charge is 2.21. The van der Waals surface area contributed by atoms with Gasteiger partial charge in [-0.2, -0.15) is 5.10 Å². The topological polar surface area (TPSA) is 50.1 Å². The summed E-state index contributed by atoms with van der Waals surface area (Å²) in [5.41, 5.74) is 3.53. The Labute approximate surface area is 96.7 Å². The lowest BCUT2D eigenvalue weighted by Crippen LogP contribution is -2.17. The number of hydrogen-bond donors (Lipinski definition) is 2. The number of aryl methyl sites for hydroxylation is 1. The van der Waals surface area contributed by atoms with Crippen molar-refractivity contribution in [2.24, 2.45) is 0 Å². The molecule has 0 radical (unpaired) electrons. The van der Waals surface area contributed by atoms with Gasteiger partial charge in [-0.25, -0.2) is 0 Å². The van der Waals surface area contributed by atoms with E-state index in [0.717, 1.165) is 18.3 Å². The van der Waals surface area contributed by atoms with Gasteiger partial charge in [0.05, 0.1) is 18.3 Å². The maximum Gasteiger partial charge on any atom is 0.0708 e. The summed E-state index contributed by atoms with van der Waals surface area (Å²) in [6.45, 7) is 7.39. The van der Waals surface area contributed by atoms with E-state index in [1.807, 2.05) is 11.6 Å². The standard InChI is InChI=1S/C12H21N3O/c1-8(16)7-15-10(3)12(9(2)14-15)6-13-11-4-5-11/h8,11,13,16H,4-7H2,1-3H3. The summed E-state index contributed by atoms with van der Waals surface area (Å²) in [5.74, 6) is 0. The molecule has 1 aliphatic carbocycles. The lowest BCUT2D eigenvalue weighted by atomic mass is 10.2. The van der Waals surface area contributed by atoms with E-state index in [9.17, 15) is 5.11 Å². The first-order valence-electron chi connectivity index (χ1n) is 6.02.